The zero-order valence-corrected chi connectivity index (χ0v) is 15.0. The minimum Gasteiger partial charge on any atom is -0.348 e. The quantitative estimate of drug-likeness (QED) is 0.334. The van der Waals surface area contributed by atoms with Crippen LogP contribution >= 0.6 is 11.6 Å². The van der Waals surface area contributed by atoms with Gasteiger partial charge in [-0.15, -0.1) is 11.6 Å². The Morgan fingerprint density at radius 3 is 2.33 bits per heavy atom. The molecule has 0 aromatic carbocycles. The van der Waals surface area contributed by atoms with Crippen molar-refractivity contribution in [3.8, 4) is 0 Å². The van der Waals surface area contributed by atoms with Gasteiger partial charge in [0.25, 0.3) is 0 Å². The number of carbonyl (C=O) groups is 1. The van der Waals surface area contributed by atoms with Crippen LogP contribution in [0.2, 0.25) is 0 Å². The second kappa shape index (κ2) is 8.63. The number of alkyl halides is 1. The standard InChI is InChI=1S/C18H30ClNO/c1-13(2)10-8-6-7-9-11-20-14(3)12-17(16(20)5)18(21)15(4)19/h12-13,15H,6-11H2,1-5H3. The Kier molecular flexibility index (Phi) is 7.51. The Labute approximate surface area is 134 Å². The van der Waals surface area contributed by atoms with E-state index >= 15 is 0 Å². The summed E-state index contributed by atoms with van der Waals surface area (Å²) in [5, 5.41) is -0.449. The van der Waals surface area contributed by atoms with Crippen molar-refractivity contribution >= 4 is 17.4 Å². The van der Waals surface area contributed by atoms with Crippen LogP contribution in [0.25, 0.3) is 0 Å². The normalized spacial score (nSPS) is 12.9. The van der Waals surface area contributed by atoms with Crippen LogP contribution in [-0.4, -0.2) is 15.7 Å². The van der Waals surface area contributed by atoms with Gasteiger partial charge in [-0.2, -0.15) is 0 Å². The van der Waals surface area contributed by atoms with E-state index in [1.165, 1.54) is 32.1 Å². The Hall–Kier alpha value is -0.760. The van der Waals surface area contributed by atoms with Crippen LogP contribution in [0.5, 0.6) is 0 Å². The molecule has 1 heterocycles. The van der Waals surface area contributed by atoms with Gasteiger partial charge in [0.15, 0.2) is 5.78 Å². The molecule has 0 N–H and O–H groups in total. The van der Waals surface area contributed by atoms with Crippen LogP contribution in [0.3, 0.4) is 0 Å². The van der Waals surface area contributed by atoms with Gasteiger partial charge in [-0.3, -0.25) is 4.79 Å². The van der Waals surface area contributed by atoms with Crippen LogP contribution in [0, 0.1) is 19.8 Å². The zero-order valence-electron chi connectivity index (χ0n) is 14.2. The largest absolute Gasteiger partial charge is 0.348 e. The number of Topliss-reactive ketones (excluding diaryl/α,β-unsaturated/α-hetero) is 1. The van der Waals surface area contributed by atoms with Crippen LogP contribution in [0.1, 0.15) is 74.6 Å². The Morgan fingerprint density at radius 2 is 1.76 bits per heavy atom. The van der Waals surface area contributed by atoms with Gasteiger partial charge in [-0.05, 0) is 39.2 Å². The summed E-state index contributed by atoms with van der Waals surface area (Å²) in [7, 11) is 0. The Balaban J connectivity index is 2.51. The van der Waals surface area contributed by atoms with E-state index in [9.17, 15) is 4.79 Å². The third-order valence-corrected chi connectivity index (χ3v) is 4.31. The molecular formula is C18H30ClNO. The van der Waals surface area contributed by atoms with Crippen LogP contribution in [-0.2, 0) is 6.54 Å². The highest BCUT2D eigenvalue weighted by Gasteiger charge is 2.18. The average Bonchev–Trinajstić information content (AvgIpc) is 2.68. The number of carbonyl (C=O) groups excluding carboxylic acids is 1. The first kappa shape index (κ1) is 18.3. The molecule has 1 aromatic heterocycles. The minimum absolute atomic E-state index is 0.0351. The first-order valence-corrected chi connectivity index (χ1v) is 8.63. The molecule has 0 amide bonds. The Morgan fingerprint density at radius 1 is 1.14 bits per heavy atom. The second-order valence-electron chi connectivity index (χ2n) is 6.51. The Bertz CT molecular complexity index is 460. The molecule has 3 heteroatoms. The zero-order chi connectivity index (χ0) is 16.0. The smallest absolute Gasteiger partial charge is 0.182 e. The van der Waals surface area contributed by atoms with Gasteiger partial charge in [-0.25, -0.2) is 0 Å². The van der Waals surface area contributed by atoms with Crippen LogP contribution in [0.4, 0.5) is 0 Å². The van der Waals surface area contributed by atoms with Crippen molar-refractivity contribution < 1.29 is 4.79 Å². The summed E-state index contributed by atoms with van der Waals surface area (Å²) >= 11 is 5.92. The molecule has 0 aliphatic heterocycles. The summed E-state index contributed by atoms with van der Waals surface area (Å²) < 4.78 is 2.26. The number of hydrogen-bond acceptors (Lipinski definition) is 1. The molecule has 1 rings (SSSR count). The lowest BCUT2D eigenvalue weighted by molar-refractivity contribution is 0.0991. The number of unbranched alkanes of at least 4 members (excludes halogenated alkanes) is 3. The maximum atomic E-state index is 12.1. The van der Waals surface area contributed by atoms with Crippen molar-refractivity contribution in [1.29, 1.82) is 0 Å². The second-order valence-corrected chi connectivity index (χ2v) is 7.17. The lowest BCUT2D eigenvalue weighted by atomic mass is 10.0. The minimum atomic E-state index is -0.449. The van der Waals surface area contributed by atoms with Gasteiger partial charge in [-0.1, -0.05) is 39.5 Å². The summed E-state index contributed by atoms with van der Waals surface area (Å²) in [6.07, 6.45) is 6.40. The molecular weight excluding hydrogens is 282 g/mol. The topological polar surface area (TPSA) is 22.0 Å². The predicted octanol–water partition coefficient (Wildman–Crippen LogP) is 5.52. The molecule has 0 spiro atoms. The lowest BCUT2D eigenvalue weighted by Gasteiger charge is -2.10. The van der Waals surface area contributed by atoms with E-state index in [0.29, 0.717) is 0 Å². The van der Waals surface area contributed by atoms with Gasteiger partial charge in [0, 0.05) is 23.5 Å². The number of nitrogens with zero attached hydrogens (tertiary/aromatic N) is 1. The number of hydrogen-bond donors (Lipinski definition) is 0. The van der Waals surface area contributed by atoms with Crippen LogP contribution < -0.4 is 0 Å². The van der Waals surface area contributed by atoms with Gasteiger partial charge < -0.3 is 4.57 Å². The molecule has 0 radical (unpaired) electrons. The number of halogens is 1. The number of rotatable bonds is 9. The summed E-state index contributed by atoms with van der Waals surface area (Å²) in [5.74, 6) is 0.845. The van der Waals surface area contributed by atoms with Gasteiger partial charge in [0.2, 0.25) is 0 Å². The first-order chi connectivity index (χ1) is 9.84. The average molecular weight is 312 g/mol. The summed E-state index contributed by atoms with van der Waals surface area (Å²) in [6.45, 7) is 11.4. The molecule has 2 nitrogen and oxygen atoms in total. The molecule has 0 saturated heterocycles. The highest BCUT2D eigenvalue weighted by molar-refractivity contribution is 6.33. The summed E-state index contributed by atoms with van der Waals surface area (Å²) in [5.41, 5.74) is 3.01. The highest BCUT2D eigenvalue weighted by Crippen LogP contribution is 2.20. The fourth-order valence-electron chi connectivity index (χ4n) is 2.78. The fourth-order valence-corrected chi connectivity index (χ4v) is 2.90. The van der Waals surface area contributed by atoms with Gasteiger partial charge >= 0.3 is 0 Å². The van der Waals surface area contributed by atoms with E-state index in [1.807, 2.05) is 13.0 Å². The van der Waals surface area contributed by atoms with E-state index in [-0.39, 0.29) is 5.78 Å². The van der Waals surface area contributed by atoms with Crippen molar-refractivity contribution in [3.05, 3.63) is 23.0 Å². The molecule has 0 fully saturated rings. The molecule has 120 valence electrons. The monoisotopic (exact) mass is 311 g/mol. The SMILES string of the molecule is Cc1cc(C(=O)C(C)Cl)c(C)n1CCCCCCC(C)C. The third-order valence-electron chi connectivity index (χ3n) is 4.11. The van der Waals surface area contributed by atoms with Gasteiger partial charge in [0.1, 0.15) is 0 Å². The summed E-state index contributed by atoms with van der Waals surface area (Å²) in [4.78, 5) is 12.1. The van der Waals surface area contributed by atoms with E-state index in [0.717, 1.165) is 29.4 Å². The van der Waals surface area contributed by atoms with Crippen molar-refractivity contribution in [2.75, 3.05) is 0 Å². The van der Waals surface area contributed by atoms with Gasteiger partial charge in [0.05, 0.1) is 5.38 Å². The molecule has 1 atom stereocenters. The molecule has 21 heavy (non-hydrogen) atoms. The lowest BCUT2D eigenvalue weighted by Crippen LogP contribution is -2.12. The summed E-state index contributed by atoms with van der Waals surface area (Å²) in [6, 6.07) is 1.98. The fraction of sp³-hybridized carbons (Fsp3) is 0.722. The molecule has 0 aliphatic rings. The van der Waals surface area contributed by atoms with E-state index in [1.54, 1.807) is 6.92 Å². The maximum absolute atomic E-state index is 12.1. The molecule has 0 saturated carbocycles. The number of aromatic nitrogens is 1. The molecule has 0 bridgehead atoms. The van der Waals surface area contributed by atoms with Crippen LogP contribution in [0.15, 0.2) is 6.07 Å². The number of ketones is 1. The molecule has 0 aliphatic carbocycles. The predicted molar refractivity (Wildman–Crippen MR) is 91.5 cm³/mol. The van der Waals surface area contributed by atoms with E-state index in [4.69, 9.17) is 11.6 Å². The van der Waals surface area contributed by atoms with E-state index in [2.05, 4.69) is 25.3 Å². The van der Waals surface area contributed by atoms with Crippen molar-refractivity contribution in [1.82, 2.24) is 4.57 Å². The first-order valence-electron chi connectivity index (χ1n) is 8.19. The molecule has 1 unspecified atom stereocenters. The molecule has 1 aromatic rings. The van der Waals surface area contributed by atoms with Crippen molar-refractivity contribution in [2.45, 2.75) is 78.6 Å². The van der Waals surface area contributed by atoms with Crippen molar-refractivity contribution in [2.24, 2.45) is 5.92 Å². The number of aryl methyl sites for hydroxylation is 1. The highest BCUT2D eigenvalue weighted by atomic mass is 35.5. The maximum Gasteiger partial charge on any atom is 0.182 e. The third kappa shape index (κ3) is 5.50. The van der Waals surface area contributed by atoms with Crippen molar-refractivity contribution in [3.63, 3.8) is 0 Å². The van der Waals surface area contributed by atoms with E-state index < -0.39 is 5.38 Å².